The van der Waals surface area contributed by atoms with Crippen molar-refractivity contribution in [1.29, 1.82) is 0 Å². The van der Waals surface area contributed by atoms with Crippen LogP contribution < -0.4 is 5.32 Å². The number of unbranched alkanes of at least 4 members (excludes halogenated alkanes) is 6. The van der Waals surface area contributed by atoms with Gasteiger partial charge in [0, 0.05) is 6.04 Å². The van der Waals surface area contributed by atoms with Gasteiger partial charge in [0.25, 0.3) is 0 Å². The zero-order chi connectivity index (χ0) is 12.2. The fourth-order valence-electron chi connectivity index (χ4n) is 2.22. The molecule has 0 saturated carbocycles. The molecule has 0 radical (unpaired) electrons. The molecule has 1 unspecified atom stereocenters. The summed E-state index contributed by atoms with van der Waals surface area (Å²) in [5.41, 5.74) is 0. The minimum absolute atomic E-state index is 0.695. The standard InChI is InChI=1S/C15H33N/c1-5-6-7-8-9-10-11-12-16-15(4)13-14(2)3/h14-16H,5-13H2,1-4H3. The summed E-state index contributed by atoms with van der Waals surface area (Å²) in [5, 5.41) is 3.62. The molecular weight excluding hydrogens is 194 g/mol. The van der Waals surface area contributed by atoms with Crippen LogP contribution in [0.3, 0.4) is 0 Å². The lowest BCUT2D eigenvalue weighted by molar-refractivity contribution is 0.434. The van der Waals surface area contributed by atoms with Crippen LogP contribution in [0.25, 0.3) is 0 Å². The van der Waals surface area contributed by atoms with E-state index in [4.69, 9.17) is 0 Å². The van der Waals surface area contributed by atoms with Crippen molar-refractivity contribution in [2.75, 3.05) is 6.54 Å². The SMILES string of the molecule is CCCCCCCCCNC(C)CC(C)C. The molecule has 1 nitrogen and oxygen atoms in total. The Labute approximate surface area is 103 Å². The molecule has 0 aromatic rings. The molecule has 0 aromatic carbocycles. The van der Waals surface area contributed by atoms with Gasteiger partial charge in [0.2, 0.25) is 0 Å². The van der Waals surface area contributed by atoms with Gasteiger partial charge in [-0.1, -0.05) is 59.3 Å². The van der Waals surface area contributed by atoms with Crippen molar-refractivity contribution >= 4 is 0 Å². The Kier molecular flexibility index (Phi) is 11.4. The van der Waals surface area contributed by atoms with Crippen molar-refractivity contribution in [3.8, 4) is 0 Å². The average Bonchev–Trinajstić information content (AvgIpc) is 2.21. The van der Waals surface area contributed by atoms with Gasteiger partial charge in [0.15, 0.2) is 0 Å². The Morgan fingerprint density at radius 2 is 1.38 bits per heavy atom. The maximum atomic E-state index is 3.62. The molecule has 0 spiro atoms. The van der Waals surface area contributed by atoms with Crippen LogP contribution in [-0.2, 0) is 0 Å². The number of hydrogen-bond acceptors (Lipinski definition) is 1. The van der Waals surface area contributed by atoms with E-state index >= 15 is 0 Å². The van der Waals surface area contributed by atoms with Crippen LogP contribution in [0.2, 0.25) is 0 Å². The quantitative estimate of drug-likeness (QED) is 0.502. The van der Waals surface area contributed by atoms with Crippen LogP contribution in [0.4, 0.5) is 0 Å². The smallest absolute Gasteiger partial charge is 0.00411 e. The summed E-state index contributed by atoms with van der Waals surface area (Å²) in [4.78, 5) is 0. The van der Waals surface area contributed by atoms with Crippen molar-refractivity contribution in [3.05, 3.63) is 0 Å². The van der Waals surface area contributed by atoms with E-state index in [1.165, 1.54) is 57.9 Å². The van der Waals surface area contributed by atoms with E-state index in [-0.39, 0.29) is 0 Å². The molecular formula is C15H33N. The molecule has 0 bridgehead atoms. The van der Waals surface area contributed by atoms with Crippen molar-refractivity contribution < 1.29 is 0 Å². The maximum Gasteiger partial charge on any atom is 0.00411 e. The molecule has 0 heterocycles. The monoisotopic (exact) mass is 227 g/mol. The first-order chi connectivity index (χ1) is 7.66. The number of hydrogen-bond donors (Lipinski definition) is 1. The third kappa shape index (κ3) is 12.0. The van der Waals surface area contributed by atoms with E-state index in [0.29, 0.717) is 6.04 Å². The Bertz CT molecular complexity index is 131. The van der Waals surface area contributed by atoms with Gasteiger partial charge in [0.1, 0.15) is 0 Å². The van der Waals surface area contributed by atoms with E-state index in [1.807, 2.05) is 0 Å². The van der Waals surface area contributed by atoms with Crippen LogP contribution in [0.1, 0.15) is 79.1 Å². The Balaban J connectivity index is 3.08. The molecule has 16 heavy (non-hydrogen) atoms. The fourth-order valence-corrected chi connectivity index (χ4v) is 2.22. The largest absolute Gasteiger partial charge is 0.314 e. The van der Waals surface area contributed by atoms with Crippen LogP contribution >= 0.6 is 0 Å². The second kappa shape index (κ2) is 11.4. The fraction of sp³-hybridized carbons (Fsp3) is 1.00. The van der Waals surface area contributed by atoms with Crippen molar-refractivity contribution in [2.24, 2.45) is 5.92 Å². The van der Waals surface area contributed by atoms with Crippen molar-refractivity contribution in [3.63, 3.8) is 0 Å². The lowest BCUT2D eigenvalue weighted by Gasteiger charge is -2.15. The molecule has 1 N–H and O–H groups in total. The zero-order valence-electron chi connectivity index (χ0n) is 12.0. The molecule has 0 aliphatic heterocycles. The minimum Gasteiger partial charge on any atom is -0.314 e. The Hall–Kier alpha value is -0.0400. The molecule has 0 fully saturated rings. The van der Waals surface area contributed by atoms with Gasteiger partial charge in [-0.25, -0.2) is 0 Å². The van der Waals surface area contributed by atoms with Gasteiger partial charge in [-0.2, -0.15) is 0 Å². The van der Waals surface area contributed by atoms with Crippen molar-refractivity contribution in [2.45, 2.75) is 85.1 Å². The molecule has 1 atom stereocenters. The Morgan fingerprint density at radius 3 is 1.94 bits per heavy atom. The molecule has 0 rings (SSSR count). The molecule has 98 valence electrons. The molecule has 0 aliphatic rings. The van der Waals surface area contributed by atoms with Gasteiger partial charge >= 0.3 is 0 Å². The van der Waals surface area contributed by atoms with Gasteiger partial charge in [-0.05, 0) is 32.2 Å². The summed E-state index contributed by atoms with van der Waals surface area (Å²) in [5.74, 6) is 0.816. The molecule has 0 saturated heterocycles. The third-order valence-electron chi connectivity index (χ3n) is 3.10. The lowest BCUT2D eigenvalue weighted by atomic mass is 10.0. The van der Waals surface area contributed by atoms with Crippen LogP contribution in [0.5, 0.6) is 0 Å². The lowest BCUT2D eigenvalue weighted by Crippen LogP contribution is -2.28. The number of nitrogens with one attached hydrogen (secondary N) is 1. The summed E-state index contributed by atoms with van der Waals surface area (Å²) in [6.07, 6.45) is 11.2. The topological polar surface area (TPSA) is 12.0 Å². The average molecular weight is 227 g/mol. The van der Waals surface area contributed by atoms with Gasteiger partial charge in [0.05, 0.1) is 0 Å². The summed E-state index contributed by atoms with van der Waals surface area (Å²) in [7, 11) is 0. The first-order valence-electron chi connectivity index (χ1n) is 7.40. The minimum atomic E-state index is 0.695. The van der Waals surface area contributed by atoms with Crippen LogP contribution in [0, 0.1) is 5.92 Å². The maximum absolute atomic E-state index is 3.62. The normalized spacial score (nSPS) is 13.3. The van der Waals surface area contributed by atoms with E-state index in [0.717, 1.165) is 5.92 Å². The van der Waals surface area contributed by atoms with Gasteiger partial charge < -0.3 is 5.32 Å². The van der Waals surface area contributed by atoms with Crippen LogP contribution in [0.15, 0.2) is 0 Å². The summed E-state index contributed by atoms with van der Waals surface area (Å²) < 4.78 is 0. The zero-order valence-corrected chi connectivity index (χ0v) is 12.0. The highest BCUT2D eigenvalue weighted by Crippen LogP contribution is 2.07. The number of rotatable bonds is 11. The predicted octanol–water partition coefficient (Wildman–Crippen LogP) is 4.76. The first kappa shape index (κ1) is 16.0. The van der Waals surface area contributed by atoms with E-state index in [2.05, 4.69) is 33.0 Å². The highest BCUT2D eigenvalue weighted by atomic mass is 14.9. The van der Waals surface area contributed by atoms with Crippen LogP contribution in [-0.4, -0.2) is 12.6 Å². The molecule has 0 aromatic heterocycles. The molecule has 0 aliphatic carbocycles. The first-order valence-corrected chi connectivity index (χ1v) is 7.40. The van der Waals surface area contributed by atoms with E-state index in [1.54, 1.807) is 0 Å². The Morgan fingerprint density at radius 1 is 0.812 bits per heavy atom. The summed E-state index contributed by atoms with van der Waals surface area (Å²) in [6, 6.07) is 0.695. The van der Waals surface area contributed by atoms with E-state index < -0.39 is 0 Å². The highest BCUT2D eigenvalue weighted by Gasteiger charge is 2.02. The van der Waals surface area contributed by atoms with Gasteiger partial charge in [-0.3, -0.25) is 0 Å². The highest BCUT2D eigenvalue weighted by molar-refractivity contribution is 4.62. The molecule has 1 heteroatoms. The second-order valence-electron chi connectivity index (χ2n) is 5.61. The third-order valence-corrected chi connectivity index (χ3v) is 3.10. The summed E-state index contributed by atoms with van der Waals surface area (Å²) in [6.45, 7) is 10.4. The predicted molar refractivity (Wildman–Crippen MR) is 74.9 cm³/mol. The van der Waals surface area contributed by atoms with E-state index in [9.17, 15) is 0 Å². The second-order valence-corrected chi connectivity index (χ2v) is 5.61. The van der Waals surface area contributed by atoms with Crippen molar-refractivity contribution in [1.82, 2.24) is 5.32 Å². The molecule has 0 amide bonds. The van der Waals surface area contributed by atoms with Gasteiger partial charge in [-0.15, -0.1) is 0 Å². The summed E-state index contributed by atoms with van der Waals surface area (Å²) >= 11 is 0.